The first-order valence-corrected chi connectivity index (χ1v) is 4.39. The maximum absolute atomic E-state index is 7.73. The zero-order chi connectivity index (χ0) is 8.43. The summed E-state index contributed by atoms with van der Waals surface area (Å²) in [7, 11) is 2.15. The number of likely N-dealkylation sites (tertiary alicyclic amines) is 1. The van der Waals surface area contributed by atoms with Gasteiger partial charge in [0.15, 0.2) is 0 Å². The van der Waals surface area contributed by atoms with Crippen LogP contribution in [0.15, 0.2) is 0 Å². The third kappa shape index (κ3) is 2.03. The van der Waals surface area contributed by atoms with Gasteiger partial charge in [0.25, 0.3) is 0 Å². The molecule has 0 saturated carbocycles. The van der Waals surface area contributed by atoms with E-state index in [0.717, 1.165) is 25.1 Å². The van der Waals surface area contributed by atoms with E-state index in [-0.39, 0.29) is 0 Å². The lowest BCUT2D eigenvalue weighted by atomic mass is 9.99. The first kappa shape index (κ1) is 8.72. The molecule has 2 atom stereocenters. The van der Waals surface area contributed by atoms with E-state index >= 15 is 0 Å². The summed E-state index contributed by atoms with van der Waals surface area (Å²) in [4.78, 5) is 2.35. The highest BCUT2D eigenvalue weighted by atomic mass is 15.1. The lowest BCUT2D eigenvalue weighted by molar-refractivity contribution is 0.267. The van der Waals surface area contributed by atoms with E-state index in [1.54, 1.807) is 0 Å². The van der Waals surface area contributed by atoms with Crippen molar-refractivity contribution in [2.45, 2.75) is 32.7 Å². The molecule has 0 aromatic rings. The van der Waals surface area contributed by atoms with Crippen molar-refractivity contribution in [3.8, 4) is 0 Å². The van der Waals surface area contributed by atoms with Crippen molar-refractivity contribution in [1.82, 2.24) is 4.90 Å². The Labute approximate surface area is 69.1 Å². The van der Waals surface area contributed by atoms with Gasteiger partial charge in [-0.1, -0.05) is 6.92 Å². The molecule has 0 aromatic carbocycles. The van der Waals surface area contributed by atoms with Gasteiger partial charge in [-0.05, 0) is 32.9 Å². The molecule has 1 fully saturated rings. The molecule has 1 aliphatic heterocycles. The highest BCUT2D eigenvalue weighted by Gasteiger charge is 2.20. The van der Waals surface area contributed by atoms with Crippen LogP contribution in [0, 0.1) is 11.3 Å². The van der Waals surface area contributed by atoms with E-state index in [4.69, 9.17) is 5.41 Å². The van der Waals surface area contributed by atoms with Gasteiger partial charge in [-0.3, -0.25) is 0 Å². The van der Waals surface area contributed by atoms with Gasteiger partial charge >= 0.3 is 0 Å². The van der Waals surface area contributed by atoms with Crippen molar-refractivity contribution in [1.29, 1.82) is 5.41 Å². The van der Waals surface area contributed by atoms with Crippen LogP contribution in [0.25, 0.3) is 0 Å². The first-order valence-electron chi connectivity index (χ1n) is 4.39. The quantitative estimate of drug-likeness (QED) is 0.565. The average Bonchev–Trinajstić information content (AvgIpc) is 2.05. The molecule has 11 heavy (non-hydrogen) atoms. The van der Waals surface area contributed by atoms with E-state index in [1.807, 2.05) is 0 Å². The number of hydrogen-bond acceptors (Lipinski definition) is 2. The van der Waals surface area contributed by atoms with Crippen molar-refractivity contribution in [2.75, 3.05) is 13.6 Å². The number of rotatable bonds is 0. The highest BCUT2D eigenvalue weighted by Crippen LogP contribution is 2.16. The van der Waals surface area contributed by atoms with E-state index in [2.05, 4.69) is 25.8 Å². The molecule has 0 amide bonds. The maximum atomic E-state index is 7.73. The Morgan fingerprint density at radius 3 is 2.73 bits per heavy atom. The third-order valence-electron chi connectivity index (χ3n) is 2.78. The van der Waals surface area contributed by atoms with Crippen LogP contribution in [0.5, 0.6) is 0 Å². The Hall–Kier alpha value is -0.370. The SMILES string of the molecule is CC1CCN(C)C(C)CC1=N. The van der Waals surface area contributed by atoms with Crippen molar-refractivity contribution >= 4 is 5.71 Å². The van der Waals surface area contributed by atoms with Gasteiger partial charge in [-0.2, -0.15) is 0 Å². The smallest absolute Gasteiger partial charge is 0.0133 e. The molecule has 1 aliphatic rings. The van der Waals surface area contributed by atoms with Crippen LogP contribution in [0.1, 0.15) is 26.7 Å². The average molecular weight is 154 g/mol. The monoisotopic (exact) mass is 154 g/mol. The van der Waals surface area contributed by atoms with Gasteiger partial charge in [0.05, 0.1) is 0 Å². The number of nitrogens with one attached hydrogen (secondary N) is 1. The Morgan fingerprint density at radius 2 is 2.09 bits per heavy atom. The predicted molar refractivity (Wildman–Crippen MR) is 48.2 cm³/mol. The molecule has 1 N–H and O–H groups in total. The Balaban J connectivity index is 2.58. The standard InChI is InChI=1S/C9H18N2/c1-7-4-5-11(3)8(2)6-9(7)10/h7-8,10H,4-6H2,1-3H3. The van der Waals surface area contributed by atoms with Crippen molar-refractivity contribution in [2.24, 2.45) is 5.92 Å². The zero-order valence-electron chi connectivity index (χ0n) is 7.72. The van der Waals surface area contributed by atoms with Crippen LogP contribution in [-0.2, 0) is 0 Å². The second-order valence-corrected chi connectivity index (χ2v) is 3.75. The van der Waals surface area contributed by atoms with E-state index in [9.17, 15) is 0 Å². The molecule has 0 spiro atoms. The van der Waals surface area contributed by atoms with Gasteiger partial charge in [-0.15, -0.1) is 0 Å². The fourth-order valence-corrected chi connectivity index (χ4v) is 1.47. The molecule has 1 saturated heterocycles. The van der Waals surface area contributed by atoms with Gasteiger partial charge in [0.2, 0.25) is 0 Å². The predicted octanol–water partition coefficient (Wildman–Crippen LogP) is 1.76. The van der Waals surface area contributed by atoms with E-state index < -0.39 is 0 Å². The summed E-state index contributed by atoms with van der Waals surface area (Å²) in [6.45, 7) is 5.51. The summed E-state index contributed by atoms with van der Waals surface area (Å²) in [6, 6.07) is 0.562. The largest absolute Gasteiger partial charge is 0.309 e. The Bertz CT molecular complexity index is 154. The normalized spacial score (nSPS) is 35.4. The van der Waals surface area contributed by atoms with Gasteiger partial charge in [-0.25, -0.2) is 0 Å². The van der Waals surface area contributed by atoms with Crippen LogP contribution < -0.4 is 0 Å². The van der Waals surface area contributed by atoms with E-state index in [0.29, 0.717) is 12.0 Å². The van der Waals surface area contributed by atoms with E-state index in [1.165, 1.54) is 0 Å². The summed E-state index contributed by atoms with van der Waals surface area (Å²) in [5, 5.41) is 7.73. The lowest BCUT2D eigenvalue weighted by Gasteiger charge is -2.20. The topological polar surface area (TPSA) is 27.1 Å². The van der Waals surface area contributed by atoms with Crippen molar-refractivity contribution in [3.05, 3.63) is 0 Å². The molecule has 64 valence electrons. The summed E-state index contributed by atoms with van der Waals surface area (Å²) in [6.07, 6.45) is 2.11. The molecule has 1 rings (SSSR count). The summed E-state index contributed by atoms with van der Waals surface area (Å²) >= 11 is 0. The van der Waals surface area contributed by atoms with Crippen molar-refractivity contribution in [3.63, 3.8) is 0 Å². The van der Waals surface area contributed by atoms with Gasteiger partial charge in [0.1, 0.15) is 0 Å². The number of hydrogen-bond donors (Lipinski definition) is 1. The second-order valence-electron chi connectivity index (χ2n) is 3.75. The fourth-order valence-electron chi connectivity index (χ4n) is 1.47. The molecule has 1 heterocycles. The minimum absolute atomic E-state index is 0.502. The fraction of sp³-hybridized carbons (Fsp3) is 0.889. The Kier molecular flexibility index (Phi) is 2.66. The number of nitrogens with zero attached hydrogens (tertiary/aromatic N) is 1. The second kappa shape index (κ2) is 3.35. The minimum Gasteiger partial charge on any atom is -0.309 e. The van der Waals surface area contributed by atoms with Crippen LogP contribution in [0.3, 0.4) is 0 Å². The molecule has 2 unspecified atom stereocenters. The van der Waals surface area contributed by atoms with Crippen LogP contribution in [0.4, 0.5) is 0 Å². The van der Waals surface area contributed by atoms with Crippen molar-refractivity contribution < 1.29 is 0 Å². The zero-order valence-corrected chi connectivity index (χ0v) is 7.72. The van der Waals surface area contributed by atoms with Crippen LogP contribution in [-0.4, -0.2) is 30.2 Å². The molecular weight excluding hydrogens is 136 g/mol. The molecule has 2 nitrogen and oxygen atoms in total. The summed E-state index contributed by atoms with van der Waals surface area (Å²) in [5.74, 6) is 0.502. The summed E-state index contributed by atoms with van der Waals surface area (Å²) in [5.41, 5.74) is 0.932. The maximum Gasteiger partial charge on any atom is 0.0133 e. The van der Waals surface area contributed by atoms with Gasteiger partial charge < -0.3 is 10.3 Å². The van der Waals surface area contributed by atoms with Crippen LogP contribution >= 0.6 is 0 Å². The molecule has 2 heteroatoms. The molecule has 0 bridgehead atoms. The molecule has 0 aliphatic carbocycles. The van der Waals surface area contributed by atoms with Crippen LogP contribution in [0.2, 0.25) is 0 Å². The molecule has 0 radical (unpaired) electrons. The molecular formula is C9H18N2. The minimum atomic E-state index is 0.502. The van der Waals surface area contributed by atoms with Gasteiger partial charge in [0, 0.05) is 18.2 Å². The lowest BCUT2D eigenvalue weighted by Crippen LogP contribution is -2.28. The third-order valence-corrected chi connectivity index (χ3v) is 2.78. The summed E-state index contributed by atoms with van der Waals surface area (Å²) < 4.78 is 0. The first-order chi connectivity index (χ1) is 5.11. The Morgan fingerprint density at radius 1 is 1.45 bits per heavy atom. The molecule has 0 aromatic heterocycles. The highest BCUT2D eigenvalue weighted by molar-refractivity contribution is 5.84.